The molecule has 4 atom stereocenters. The summed E-state index contributed by atoms with van der Waals surface area (Å²) in [5.74, 6) is -2.02. The van der Waals surface area contributed by atoms with Crippen LogP contribution in [0, 0.1) is 22.6 Å². The van der Waals surface area contributed by atoms with Crippen LogP contribution in [-0.2, 0) is 14.9 Å². The minimum absolute atomic E-state index is 0.109. The number of hydrogen-bond acceptors (Lipinski definition) is 6. The molecule has 1 spiro atoms. The van der Waals surface area contributed by atoms with Crippen molar-refractivity contribution in [2.75, 3.05) is 10.6 Å². The van der Waals surface area contributed by atoms with E-state index in [1.165, 1.54) is 6.07 Å². The monoisotopic (exact) mass is 586 g/mol. The molecule has 11 heteroatoms. The molecule has 3 N–H and O–H groups in total. The topological polar surface area (TPSA) is 103 Å². The number of nitrogens with zero attached hydrogens (tertiary/aromatic N) is 1. The van der Waals surface area contributed by atoms with E-state index >= 15 is 4.39 Å². The van der Waals surface area contributed by atoms with Crippen LogP contribution in [0.4, 0.5) is 19.9 Å². The van der Waals surface area contributed by atoms with E-state index in [-0.39, 0.29) is 21.9 Å². The number of benzene rings is 2. The molecule has 2 aromatic carbocycles. The van der Waals surface area contributed by atoms with Crippen LogP contribution in [-0.4, -0.2) is 24.3 Å². The third-order valence-corrected chi connectivity index (χ3v) is 8.50. The number of amides is 2. The van der Waals surface area contributed by atoms with E-state index in [0.717, 1.165) is 11.3 Å². The molecule has 0 unspecified atom stereocenters. The van der Waals surface area contributed by atoms with Crippen LogP contribution in [0.5, 0.6) is 0 Å². The molecule has 2 amide bonds. The van der Waals surface area contributed by atoms with E-state index < -0.39 is 35.5 Å². The summed E-state index contributed by atoms with van der Waals surface area (Å²) in [6.07, 6.45) is -1.42. The Morgan fingerprint density at radius 1 is 1.23 bits per heavy atom. The van der Waals surface area contributed by atoms with Gasteiger partial charge in [-0.1, -0.05) is 62.2 Å². The van der Waals surface area contributed by atoms with Gasteiger partial charge in [-0.3, -0.25) is 15.4 Å². The van der Waals surface area contributed by atoms with Crippen molar-refractivity contribution in [1.29, 1.82) is 5.26 Å². The van der Waals surface area contributed by atoms with Crippen molar-refractivity contribution in [3.63, 3.8) is 0 Å². The van der Waals surface area contributed by atoms with Crippen LogP contribution in [0.25, 0.3) is 0 Å². The lowest BCUT2D eigenvalue weighted by Crippen LogP contribution is -2.49. The third kappa shape index (κ3) is 4.87. The minimum atomic E-state index is -1.35. The Morgan fingerprint density at radius 3 is 2.69 bits per heavy atom. The fourth-order valence-electron chi connectivity index (χ4n) is 5.68. The zero-order chi connectivity index (χ0) is 28.1. The fraction of sp³-hybridized carbons (Fsp3) is 0.321. The molecule has 1 aromatic heterocycles. The standard InChI is InChI=1S/C28H25Cl2FN4O3S/c1-27(2,3)12-20-28(17-9-7-14(29)11-19(17)33-25(28)36)22(16-5-4-6-18(30)23(16)31)24(34-20)38-26(37)35-21-10-8-15(13-32)39-21/h4-11,20,22,24,34H,12H2,1-3H3,(H,33,36)(H,35,37)/t20-,22-,24+,28+/m0/s1. The van der Waals surface area contributed by atoms with Gasteiger partial charge in [-0.15, -0.1) is 11.3 Å². The average Bonchev–Trinajstić information content (AvgIpc) is 3.50. The van der Waals surface area contributed by atoms with Gasteiger partial charge in [0.15, 0.2) is 6.23 Å². The smallest absolute Gasteiger partial charge is 0.413 e. The van der Waals surface area contributed by atoms with Crippen molar-refractivity contribution in [1.82, 2.24) is 5.32 Å². The second kappa shape index (κ2) is 10.1. The summed E-state index contributed by atoms with van der Waals surface area (Å²) in [6.45, 7) is 6.12. The van der Waals surface area contributed by atoms with E-state index in [2.05, 4.69) is 16.0 Å². The number of halogens is 3. The molecule has 7 nitrogen and oxygen atoms in total. The van der Waals surface area contributed by atoms with Crippen LogP contribution in [0.2, 0.25) is 10.0 Å². The Balaban J connectivity index is 1.65. The normalized spacial score (nSPS) is 23.8. The minimum Gasteiger partial charge on any atom is -0.429 e. The van der Waals surface area contributed by atoms with Gasteiger partial charge in [0.1, 0.15) is 22.2 Å². The molecule has 1 fully saturated rings. The molecular weight excluding hydrogens is 562 g/mol. The van der Waals surface area contributed by atoms with Gasteiger partial charge in [0, 0.05) is 16.8 Å². The molecule has 39 heavy (non-hydrogen) atoms. The lowest BCUT2D eigenvalue weighted by atomic mass is 9.63. The van der Waals surface area contributed by atoms with E-state index in [9.17, 15) is 9.59 Å². The summed E-state index contributed by atoms with van der Waals surface area (Å²) >= 11 is 13.6. The van der Waals surface area contributed by atoms with E-state index in [1.807, 2.05) is 26.8 Å². The highest BCUT2D eigenvalue weighted by Gasteiger charge is 2.66. The summed E-state index contributed by atoms with van der Waals surface area (Å²) in [7, 11) is 0. The molecule has 0 radical (unpaired) electrons. The maximum absolute atomic E-state index is 15.7. The SMILES string of the molecule is CC(C)(C)C[C@@H]1N[C@H](OC(=O)Nc2ccc(C#N)s2)[C@H](c2cccc(Cl)c2F)[C@]12C(=O)Nc1cc(Cl)ccc12. The summed E-state index contributed by atoms with van der Waals surface area (Å²) in [6, 6.07) is 14.3. The van der Waals surface area contributed by atoms with Crippen LogP contribution < -0.4 is 16.0 Å². The second-order valence-electron chi connectivity index (χ2n) is 10.8. The molecule has 2 aliphatic heterocycles. The number of ether oxygens (including phenoxy) is 1. The Kier molecular flexibility index (Phi) is 7.10. The Hall–Kier alpha value is -3.16. The number of carbonyl (C=O) groups is 2. The fourth-order valence-corrected chi connectivity index (χ4v) is 6.72. The van der Waals surface area contributed by atoms with Crippen LogP contribution in [0.15, 0.2) is 48.5 Å². The number of carbonyl (C=O) groups excluding carboxylic acids is 2. The molecule has 2 aliphatic rings. The molecule has 0 aliphatic carbocycles. The van der Waals surface area contributed by atoms with E-state index in [4.69, 9.17) is 33.2 Å². The molecule has 0 bridgehead atoms. The zero-order valence-electron chi connectivity index (χ0n) is 21.3. The first-order valence-electron chi connectivity index (χ1n) is 12.2. The number of anilines is 2. The zero-order valence-corrected chi connectivity index (χ0v) is 23.6. The predicted molar refractivity (Wildman–Crippen MR) is 150 cm³/mol. The highest BCUT2D eigenvalue weighted by molar-refractivity contribution is 7.16. The van der Waals surface area contributed by atoms with Crippen LogP contribution in [0.1, 0.15) is 49.1 Å². The summed E-state index contributed by atoms with van der Waals surface area (Å²) < 4.78 is 21.6. The predicted octanol–water partition coefficient (Wildman–Crippen LogP) is 7.02. The largest absolute Gasteiger partial charge is 0.429 e. The molecule has 3 heterocycles. The van der Waals surface area contributed by atoms with E-state index in [1.54, 1.807) is 42.5 Å². The molecular formula is C28H25Cl2FN4O3S. The van der Waals surface area contributed by atoms with Crippen LogP contribution >= 0.6 is 34.5 Å². The Bertz CT molecular complexity index is 1520. The number of nitrogens with one attached hydrogen (secondary N) is 3. The molecule has 202 valence electrons. The number of rotatable bonds is 4. The quantitative estimate of drug-likeness (QED) is 0.304. The van der Waals surface area contributed by atoms with Gasteiger partial charge in [0.2, 0.25) is 5.91 Å². The summed E-state index contributed by atoms with van der Waals surface area (Å²) in [5.41, 5.74) is -0.301. The van der Waals surface area contributed by atoms with Gasteiger partial charge in [-0.05, 0) is 53.3 Å². The van der Waals surface area contributed by atoms with Crippen molar-refractivity contribution in [3.8, 4) is 6.07 Å². The van der Waals surface area contributed by atoms with Gasteiger partial charge in [-0.25, -0.2) is 9.18 Å². The first-order chi connectivity index (χ1) is 18.4. The molecule has 1 saturated heterocycles. The maximum Gasteiger partial charge on any atom is 0.413 e. The Morgan fingerprint density at radius 2 is 2.00 bits per heavy atom. The highest BCUT2D eigenvalue weighted by Crippen LogP contribution is 2.57. The van der Waals surface area contributed by atoms with Crippen molar-refractivity contribution < 1.29 is 18.7 Å². The van der Waals surface area contributed by atoms with Gasteiger partial charge in [0.25, 0.3) is 0 Å². The van der Waals surface area contributed by atoms with Gasteiger partial charge in [-0.2, -0.15) is 5.26 Å². The van der Waals surface area contributed by atoms with Gasteiger partial charge >= 0.3 is 6.09 Å². The molecule has 3 aromatic rings. The number of nitriles is 1. The van der Waals surface area contributed by atoms with Gasteiger partial charge < -0.3 is 10.1 Å². The maximum atomic E-state index is 15.7. The first kappa shape index (κ1) is 27.4. The molecule has 5 rings (SSSR count). The van der Waals surface area contributed by atoms with E-state index in [0.29, 0.717) is 32.6 Å². The average molecular weight is 588 g/mol. The third-order valence-electron chi connectivity index (χ3n) is 7.07. The van der Waals surface area contributed by atoms with Crippen molar-refractivity contribution in [2.24, 2.45) is 5.41 Å². The number of fused-ring (bicyclic) bond motifs is 2. The lowest BCUT2D eigenvalue weighted by molar-refractivity contribution is -0.122. The lowest BCUT2D eigenvalue weighted by Gasteiger charge is -2.37. The van der Waals surface area contributed by atoms with Crippen molar-refractivity contribution in [3.05, 3.63) is 80.4 Å². The highest BCUT2D eigenvalue weighted by atomic mass is 35.5. The molecule has 0 saturated carbocycles. The van der Waals surface area contributed by atoms with Crippen molar-refractivity contribution in [2.45, 2.75) is 50.8 Å². The number of hydrogen-bond donors (Lipinski definition) is 3. The number of thiophene rings is 1. The van der Waals surface area contributed by atoms with Gasteiger partial charge in [0.05, 0.1) is 15.9 Å². The Labute approximate surface area is 239 Å². The van der Waals surface area contributed by atoms with Crippen molar-refractivity contribution >= 4 is 57.2 Å². The summed E-state index contributed by atoms with van der Waals surface area (Å²) in [4.78, 5) is 27.6. The second-order valence-corrected chi connectivity index (χ2v) is 12.8. The summed E-state index contributed by atoms with van der Waals surface area (Å²) in [5, 5.41) is 18.8. The van der Waals surface area contributed by atoms with Crippen LogP contribution in [0.3, 0.4) is 0 Å². The first-order valence-corrected chi connectivity index (χ1v) is 13.8.